The van der Waals surface area contributed by atoms with Gasteiger partial charge in [-0.3, -0.25) is 14.3 Å². The zero-order valence-corrected chi connectivity index (χ0v) is 17.7. The molecule has 4 N–H and O–H groups in total. The molecular weight excluding hydrogens is 456 g/mol. The van der Waals surface area contributed by atoms with Crippen molar-refractivity contribution >= 4 is 50.3 Å². The number of hydrogen-bond donors (Lipinski definition) is 4. The van der Waals surface area contributed by atoms with E-state index >= 15 is 0 Å². The van der Waals surface area contributed by atoms with E-state index in [9.17, 15) is 28.2 Å². The van der Waals surface area contributed by atoms with Crippen LogP contribution in [0.5, 0.6) is 11.5 Å². The Balaban J connectivity index is 1.72. The second-order valence-corrected chi connectivity index (χ2v) is 8.88. The van der Waals surface area contributed by atoms with E-state index in [0.29, 0.717) is 5.69 Å². The van der Waals surface area contributed by atoms with Gasteiger partial charge in [-0.1, -0.05) is 35.9 Å². The van der Waals surface area contributed by atoms with E-state index in [4.69, 9.17) is 11.6 Å². The molecule has 0 saturated heterocycles. The minimum atomic E-state index is -3.93. The quantitative estimate of drug-likeness (QED) is 0.324. The molecule has 3 aromatic carbocycles. The highest BCUT2D eigenvalue weighted by molar-refractivity contribution is 7.92. The second kappa shape index (κ2) is 8.03. The Labute approximate surface area is 187 Å². The molecule has 0 spiro atoms. The number of aromatic hydroxyl groups is 2. The van der Waals surface area contributed by atoms with E-state index in [-0.39, 0.29) is 16.3 Å². The Bertz CT molecular complexity index is 1400. The van der Waals surface area contributed by atoms with Gasteiger partial charge in [-0.25, -0.2) is 8.42 Å². The van der Waals surface area contributed by atoms with Crippen molar-refractivity contribution in [3.05, 3.63) is 82.9 Å². The van der Waals surface area contributed by atoms with E-state index in [1.807, 2.05) is 0 Å². The third-order valence-corrected chi connectivity index (χ3v) is 6.45. The molecule has 0 aliphatic heterocycles. The number of hydrogen-bond acceptors (Lipinski definition) is 7. The molecule has 0 aromatic heterocycles. The number of carbonyl (C=O) groups excluding carboxylic acids is 2. The van der Waals surface area contributed by atoms with Crippen molar-refractivity contribution < 1.29 is 28.2 Å². The first-order chi connectivity index (χ1) is 15.2. The molecule has 0 saturated carbocycles. The van der Waals surface area contributed by atoms with Crippen molar-refractivity contribution in [2.45, 2.75) is 4.90 Å². The number of sulfonamides is 1. The first kappa shape index (κ1) is 21.4. The summed E-state index contributed by atoms with van der Waals surface area (Å²) in [6, 6.07) is 13.9. The van der Waals surface area contributed by atoms with Gasteiger partial charge in [0.25, 0.3) is 10.0 Å². The maximum Gasteiger partial charge on any atom is 0.261 e. The largest absolute Gasteiger partial charge is 0.505 e. The fraction of sp³-hybridized carbons (Fsp3) is 0. The number of fused-ring (bicyclic) bond motifs is 1. The second-order valence-electron chi connectivity index (χ2n) is 6.82. The van der Waals surface area contributed by atoms with Crippen LogP contribution in [0.4, 0.5) is 17.1 Å². The number of para-hydroxylation sites is 1. The Morgan fingerprint density at radius 1 is 0.781 bits per heavy atom. The maximum atomic E-state index is 12.7. The van der Waals surface area contributed by atoms with Crippen molar-refractivity contribution in [2.75, 3.05) is 10.0 Å². The lowest BCUT2D eigenvalue weighted by molar-refractivity contribution is 0.0989. The monoisotopic (exact) mass is 470 g/mol. The van der Waals surface area contributed by atoms with Crippen molar-refractivity contribution in [1.29, 1.82) is 0 Å². The fourth-order valence-corrected chi connectivity index (χ4v) is 4.55. The number of ketones is 2. The molecule has 0 heterocycles. The summed E-state index contributed by atoms with van der Waals surface area (Å²) < 4.78 is 27.9. The van der Waals surface area contributed by atoms with Gasteiger partial charge in [0, 0.05) is 11.4 Å². The molecule has 0 amide bonds. The fourth-order valence-electron chi connectivity index (χ4n) is 3.21. The zero-order chi connectivity index (χ0) is 23.0. The highest BCUT2D eigenvalue weighted by atomic mass is 35.5. The van der Waals surface area contributed by atoms with Crippen molar-refractivity contribution in [1.82, 2.24) is 0 Å². The summed E-state index contributed by atoms with van der Waals surface area (Å²) in [7, 11) is -3.93. The van der Waals surface area contributed by atoms with Crippen LogP contribution in [0, 0.1) is 0 Å². The minimum Gasteiger partial charge on any atom is -0.505 e. The van der Waals surface area contributed by atoms with Crippen LogP contribution in [-0.2, 0) is 10.0 Å². The average Bonchev–Trinajstić information content (AvgIpc) is 2.77. The summed E-state index contributed by atoms with van der Waals surface area (Å²) in [6.45, 7) is 0. The summed E-state index contributed by atoms with van der Waals surface area (Å²) >= 11 is 6.14. The van der Waals surface area contributed by atoms with Gasteiger partial charge >= 0.3 is 0 Å². The standard InChI is InChI=1S/C22H15ClN2O6S/c23-19-20(22(29)18-16(27)10-9-15(26)17(18)21(19)28)24-13-7-4-8-14(11-13)32(30,31)25-12-5-2-1-3-6-12/h1-11,24-25,28-29H. The smallest absolute Gasteiger partial charge is 0.261 e. The van der Waals surface area contributed by atoms with Crippen LogP contribution in [0.3, 0.4) is 0 Å². The molecule has 162 valence electrons. The lowest BCUT2D eigenvalue weighted by Gasteiger charge is -2.19. The molecule has 32 heavy (non-hydrogen) atoms. The number of nitrogens with one attached hydrogen (secondary N) is 2. The number of benzene rings is 3. The summed E-state index contributed by atoms with van der Waals surface area (Å²) in [5.74, 6) is -2.67. The molecule has 3 aromatic rings. The molecule has 0 radical (unpaired) electrons. The van der Waals surface area contributed by atoms with Gasteiger partial charge in [-0.15, -0.1) is 0 Å². The van der Waals surface area contributed by atoms with Gasteiger partial charge in [-0.05, 0) is 42.5 Å². The molecule has 0 atom stereocenters. The van der Waals surface area contributed by atoms with Crippen molar-refractivity contribution in [3.63, 3.8) is 0 Å². The number of phenolic OH excluding ortho intramolecular Hbond substituents is 2. The Morgan fingerprint density at radius 3 is 2.03 bits per heavy atom. The third-order valence-electron chi connectivity index (χ3n) is 4.71. The highest BCUT2D eigenvalue weighted by Crippen LogP contribution is 2.47. The van der Waals surface area contributed by atoms with Crippen LogP contribution in [0.25, 0.3) is 0 Å². The molecule has 8 nitrogen and oxygen atoms in total. The first-order valence-electron chi connectivity index (χ1n) is 9.18. The predicted octanol–water partition coefficient (Wildman–Crippen LogP) is 4.23. The van der Waals surface area contributed by atoms with E-state index in [0.717, 1.165) is 12.2 Å². The molecule has 0 unspecified atom stereocenters. The zero-order valence-electron chi connectivity index (χ0n) is 16.2. The van der Waals surface area contributed by atoms with Gasteiger partial charge in [-0.2, -0.15) is 0 Å². The first-order valence-corrected chi connectivity index (χ1v) is 11.0. The van der Waals surface area contributed by atoms with E-state index < -0.39 is 49.2 Å². The lowest BCUT2D eigenvalue weighted by Crippen LogP contribution is -2.14. The summed E-state index contributed by atoms with van der Waals surface area (Å²) in [4.78, 5) is 24.2. The number of rotatable bonds is 5. The van der Waals surface area contributed by atoms with Crippen LogP contribution in [-0.4, -0.2) is 30.2 Å². The Kier molecular flexibility index (Phi) is 5.37. The normalized spacial score (nSPS) is 13.0. The van der Waals surface area contributed by atoms with Crippen LogP contribution in [0.2, 0.25) is 5.02 Å². The van der Waals surface area contributed by atoms with E-state index in [1.54, 1.807) is 30.3 Å². The predicted molar refractivity (Wildman–Crippen MR) is 120 cm³/mol. The lowest BCUT2D eigenvalue weighted by atomic mass is 9.92. The third kappa shape index (κ3) is 3.79. The summed E-state index contributed by atoms with van der Waals surface area (Å²) in [6.07, 6.45) is 1.95. The van der Waals surface area contributed by atoms with Gasteiger partial charge in [0.05, 0.1) is 16.0 Å². The SMILES string of the molecule is O=C1C=CC(=O)c2c(O)c(Nc3cccc(S(=O)(=O)Nc4ccccc4)c3)c(Cl)c(O)c21. The van der Waals surface area contributed by atoms with Gasteiger partial charge < -0.3 is 15.5 Å². The molecular formula is C22H15ClN2O6S. The molecule has 0 bridgehead atoms. The molecule has 10 heteroatoms. The van der Waals surface area contributed by atoms with Crippen molar-refractivity contribution in [2.24, 2.45) is 0 Å². The van der Waals surface area contributed by atoms with Gasteiger partial charge in [0.2, 0.25) is 0 Å². The number of phenols is 2. The Morgan fingerprint density at radius 2 is 1.38 bits per heavy atom. The molecule has 0 fully saturated rings. The Hall–Kier alpha value is -3.82. The van der Waals surface area contributed by atoms with Gasteiger partial charge in [0.15, 0.2) is 17.3 Å². The summed E-state index contributed by atoms with van der Waals surface area (Å²) in [5, 5.41) is 23.3. The number of allylic oxidation sites excluding steroid dienone is 2. The van der Waals surface area contributed by atoms with E-state index in [1.165, 1.54) is 24.3 Å². The number of carbonyl (C=O) groups is 2. The molecule has 4 rings (SSSR count). The average molecular weight is 471 g/mol. The highest BCUT2D eigenvalue weighted by Gasteiger charge is 2.31. The van der Waals surface area contributed by atoms with Crippen LogP contribution in [0.15, 0.2) is 71.6 Å². The van der Waals surface area contributed by atoms with Crippen LogP contribution in [0.1, 0.15) is 20.7 Å². The van der Waals surface area contributed by atoms with Crippen molar-refractivity contribution in [3.8, 4) is 11.5 Å². The van der Waals surface area contributed by atoms with Crippen LogP contribution >= 0.6 is 11.6 Å². The number of anilines is 3. The van der Waals surface area contributed by atoms with E-state index in [2.05, 4.69) is 10.0 Å². The molecule has 1 aliphatic carbocycles. The topological polar surface area (TPSA) is 133 Å². The maximum absolute atomic E-state index is 12.7. The minimum absolute atomic E-state index is 0.0849. The van der Waals surface area contributed by atoms with Gasteiger partial charge in [0.1, 0.15) is 16.5 Å². The number of halogens is 1. The molecule has 1 aliphatic rings. The van der Waals surface area contributed by atoms with Crippen LogP contribution < -0.4 is 10.0 Å². The summed E-state index contributed by atoms with van der Waals surface area (Å²) in [5.41, 5.74) is -0.458.